The first-order chi connectivity index (χ1) is 36.0. The second-order valence-corrected chi connectivity index (χ2v) is 20.9. The van der Waals surface area contributed by atoms with Crippen LogP contribution in [0.4, 0.5) is 0 Å². The van der Waals surface area contributed by atoms with Crippen molar-refractivity contribution in [2.75, 3.05) is 13.2 Å². The minimum atomic E-state index is -0.799. The number of hydrogen-bond acceptors (Lipinski definition) is 6. The van der Waals surface area contributed by atoms with Gasteiger partial charge in [0.1, 0.15) is 13.2 Å². The lowest BCUT2D eigenvalue weighted by Gasteiger charge is -2.18. The fraction of sp³-hybridized carbons (Fsp3) is 0.776. The van der Waals surface area contributed by atoms with Crippen LogP contribution in [0.25, 0.3) is 0 Å². The average Bonchev–Trinajstić information content (AvgIpc) is 3.39. The van der Waals surface area contributed by atoms with Crippen molar-refractivity contribution in [2.45, 2.75) is 322 Å². The molecule has 0 radical (unpaired) electrons. The van der Waals surface area contributed by atoms with Crippen LogP contribution in [0.5, 0.6) is 0 Å². The molecule has 0 aromatic heterocycles. The maximum Gasteiger partial charge on any atom is 0.306 e. The average molecular weight is 1020 g/mol. The zero-order valence-electron chi connectivity index (χ0n) is 48.4. The third kappa shape index (κ3) is 59.6. The molecule has 1 unspecified atom stereocenters. The van der Waals surface area contributed by atoms with Crippen molar-refractivity contribution < 1.29 is 28.6 Å². The number of carbonyl (C=O) groups excluding carboxylic acids is 3. The van der Waals surface area contributed by atoms with Gasteiger partial charge in [-0.15, -0.1) is 0 Å². The Morgan fingerprint density at radius 3 is 0.877 bits per heavy atom. The molecule has 1 atom stereocenters. The van der Waals surface area contributed by atoms with E-state index in [1.54, 1.807) is 0 Å². The summed E-state index contributed by atoms with van der Waals surface area (Å²) in [6, 6.07) is 0. The number of ether oxygens (including phenoxy) is 3. The van der Waals surface area contributed by atoms with E-state index in [2.05, 4.69) is 93.7 Å². The third-order valence-electron chi connectivity index (χ3n) is 13.7. The number of hydrogen-bond donors (Lipinski definition) is 0. The van der Waals surface area contributed by atoms with Crippen LogP contribution in [0.3, 0.4) is 0 Å². The van der Waals surface area contributed by atoms with Gasteiger partial charge in [-0.25, -0.2) is 0 Å². The summed E-state index contributed by atoms with van der Waals surface area (Å²) in [5.41, 5.74) is 0. The summed E-state index contributed by atoms with van der Waals surface area (Å²) < 4.78 is 16.9. The van der Waals surface area contributed by atoms with Gasteiger partial charge in [0.05, 0.1) is 0 Å². The quantitative estimate of drug-likeness (QED) is 0.0261. The standard InChI is InChI=1S/C67H118O6/c1-4-7-10-13-16-19-22-25-28-30-31-32-33-34-35-36-37-40-42-45-48-51-54-57-60-66(69)72-63-64(62-71-65(68)59-56-53-50-47-44-41-38-27-24-21-18-15-12-9-6-3)73-67(70)61-58-55-52-49-46-43-39-29-26-23-20-17-14-11-8-5-2/h9,12,18,20-21,23,27,29,38-39,44,47,64H,4-8,10-11,13-17,19,22,24-26,28,30-37,40-43,45-46,48-63H2,1-3H3/b12-9-,21-18-,23-20-,38-27-,39-29-,47-44-. The van der Waals surface area contributed by atoms with Crippen molar-refractivity contribution in [3.05, 3.63) is 72.9 Å². The van der Waals surface area contributed by atoms with E-state index in [9.17, 15) is 14.4 Å². The highest BCUT2D eigenvalue weighted by molar-refractivity contribution is 5.71. The molecule has 0 saturated heterocycles. The van der Waals surface area contributed by atoms with Crippen LogP contribution in [-0.2, 0) is 28.6 Å². The molecule has 0 fully saturated rings. The fourth-order valence-corrected chi connectivity index (χ4v) is 9.00. The second kappa shape index (κ2) is 61.4. The lowest BCUT2D eigenvalue weighted by molar-refractivity contribution is -0.167. The van der Waals surface area contributed by atoms with Gasteiger partial charge in [0.25, 0.3) is 0 Å². The van der Waals surface area contributed by atoms with Crippen LogP contribution >= 0.6 is 0 Å². The summed E-state index contributed by atoms with van der Waals surface area (Å²) >= 11 is 0. The maximum atomic E-state index is 12.9. The molecule has 0 N–H and O–H groups in total. The Morgan fingerprint density at radius 1 is 0.288 bits per heavy atom. The molecule has 0 spiro atoms. The van der Waals surface area contributed by atoms with Crippen LogP contribution in [0.15, 0.2) is 72.9 Å². The molecule has 0 aromatic carbocycles. The summed E-state index contributed by atoms with van der Waals surface area (Å²) in [6.07, 6.45) is 79.2. The topological polar surface area (TPSA) is 78.9 Å². The highest BCUT2D eigenvalue weighted by Crippen LogP contribution is 2.17. The molecule has 0 bridgehead atoms. The Balaban J connectivity index is 4.33. The zero-order valence-corrected chi connectivity index (χ0v) is 48.4. The molecule has 0 aliphatic heterocycles. The van der Waals surface area contributed by atoms with E-state index in [1.807, 2.05) is 0 Å². The Bertz CT molecular complexity index is 1360. The highest BCUT2D eigenvalue weighted by atomic mass is 16.6. The molecule has 0 saturated carbocycles. The largest absolute Gasteiger partial charge is 0.462 e. The van der Waals surface area contributed by atoms with Gasteiger partial charge in [-0.05, 0) is 89.9 Å². The van der Waals surface area contributed by atoms with Crippen LogP contribution < -0.4 is 0 Å². The first-order valence-electron chi connectivity index (χ1n) is 31.4. The van der Waals surface area contributed by atoms with Gasteiger partial charge in [0, 0.05) is 19.3 Å². The lowest BCUT2D eigenvalue weighted by atomic mass is 10.0. The second-order valence-electron chi connectivity index (χ2n) is 20.9. The Kier molecular flexibility index (Phi) is 58.7. The van der Waals surface area contributed by atoms with Gasteiger partial charge >= 0.3 is 17.9 Å². The number of esters is 3. The molecule has 73 heavy (non-hydrogen) atoms. The first-order valence-corrected chi connectivity index (χ1v) is 31.4. The highest BCUT2D eigenvalue weighted by Gasteiger charge is 2.19. The Labute approximate surface area is 453 Å². The molecule has 6 heteroatoms. The summed E-state index contributed by atoms with van der Waals surface area (Å²) in [6.45, 7) is 6.50. The van der Waals surface area contributed by atoms with Gasteiger partial charge in [0.15, 0.2) is 6.10 Å². The van der Waals surface area contributed by atoms with Crippen molar-refractivity contribution in [1.29, 1.82) is 0 Å². The minimum absolute atomic E-state index is 0.0919. The number of rotatable bonds is 57. The van der Waals surface area contributed by atoms with Crippen LogP contribution in [0, 0.1) is 0 Å². The molecule has 422 valence electrons. The van der Waals surface area contributed by atoms with Crippen molar-refractivity contribution in [1.82, 2.24) is 0 Å². The fourth-order valence-electron chi connectivity index (χ4n) is 9.00. The van der Waals surface area contributed by atoms with E-state index in [0.717, 1.165) is 109 Å². The van der Waals surface area contributed by atoms with Crippen molar-refractivity contribution in [2.24, 2.45) is 0 Å². The van der Waals surface area contributed by atoms with E-state index in [-0.39, 0.29) is 31.1 Å². The molecular weight excluding hydrogens is 901 g/mol. The maximum absolute atomic E-state index is 12.9. The molecule has 0 rings (SSSR count). The zero-order chi connectivity index (χ0) is 52.9. The number of unbranched alkanes of at least 4 members (excludes halogenated alkanes) is 34. The Morgan fingerprint density at radius 2 is 0.534 bits per heavy atom. The van der Waals surface area contributed by atoms with Gasteiger partial charge in [-0.3, -0.25) is 14.4 Å². The first kappa shape index (κ1) is 69.8. The van der Waals surface area contributed by atoms with Crippen molar-refractivity contribution >= 4 is 17.9 Å². The predicted octanol–water partition coefficient (Wildman–Crippen LogP) is 21.3. The summed E-state index contributed by atoms with van der Waals surface area (Å²) in [4.78, 5) is 38.2. The van der Waals surface area contributed by atoms with E-state index < -0.39 is 6.10 Å². The van der Waals surface area contributed by atoms with E-state index >= 15 is 0 Å². The van der Waals surface area contributed by atoms with Crippen molar-refractivity contribution in [3.8, 4) is 0 Å². The van der Waals surface area contributed by atoms with Gasteiger partial charge in [-0.1, -0.05) is 280 Å². The summed E-state index contributed by atoms with van der Waals surface area (Å²) in [7, 11) is 0. The van der Waals surface area contributed by atoms with E-state index in [1.165, 1.54) is 167 Å². The molecule has 0 aliphatic rings. The SMILES string of the molecule is CC/C=C\C/C=C\C/C=C\C/C=C\CCCCC(=O)OCC(COC(=O)CCCCCCCCCCCCCCCCCCCCCCCCCC)OC(=O)CCCCCCC/C=C\C/C=C\CCCCCC. The van der Waals surface area contributed by atoms with E-state index in [4.69, 9.17) is 14.2 Å². The summed E-state index contributed by atoms with van der Waals surface area (Å²) in [5, 5.41) is 0. The van der Waals surface area contributed by atoms with E-state index in [0.29, 0.717) is 19.3 Å². The van der Waals surface area contributed by atoms with Crippen molar-refractivity contribution in [3.63, 3.8) is 0 Å². The third-order valence-corrected chi connectivity index (χ3v) is 13.7. The molecule has 6 nitrogen and oxygen atoms in total. The number of carbonyl (C=O) groups is 3. The Hall–Kier alpha value is -3.15. The number of allylic oxidation sites excluding steroid dienone is 12. The molecular formula is C67H118O6. The van der Waals surface area contributed by atoms with Crippen LogP contribution in [-0.4, -0.2) is 37.2 Å². The molecule has 0 heterocycles. The molecule has 0 aliphatic carbocycles. The van der Waals surface area contributed by atoms with Crippen LogP contribution in [0.1, 0.15) is 316 Å². The monoisotopic (exact) mass is 1020 g/mol. The van der Waals surface area contributed by atoms with Gasteiger partial charge < -0.3 is 14.2 Å². The van der Waals surface area contributed by atoms with Gasteiger partial charge in [0.2, 0.25) is 0 Å². The van der Waals surface area contributed by atoms with Gasteiger partial charge in [-0.2, -0.15) is 0 Å². The lowest BCUT2D eigenvalue weighted by Crippen LogP contribution is -2.30. The molecule has 0 aromatic rings. The summed E-state index contributed by atoms with van der Waals surface area (Å²) in [5.74, 6) is -0.936. The minimum Gasteiger partial charge on any atom is -0.462 e. The smallest absolute Gasteiger partial charge is 0.306 e. The normalized spacial score (nSPS) is 12.5. The van der Waals surface area contributed by atoms with Crippen LogP contribution in [0.2, 0.25) is 0 Å². The molecule has 0 amide bonds. The predicted molar refractivity (Wildman–Crippen MR) is 316 cm³/mol.